The molecule has 1 fully saturated rings. The van der Waals surface area contributed by atoms with Gasteiger partial charge in [0.25, 0.3) is 0 Å². The van der Waals surface area contributed by atoms with Crippen LogP contribution < -0.4 is 5.32 Å². The quantitative estimate of drug-likeness (QED) is 0.708. The highest BCUT2D eigenvalue weighted by Crippen LogP contribution is 2.20. The minimum absolute atomic E-state index is 0.0253. The molecule has 1 atom stereocenters. The SMILES string of the molecule is CCC(CC)C(CNC(=O)Cc1ccc(F)c(Br)c1)N1CCOCC1. The molecule has 0 aromatic heterocycles. The molecule has 0 saturated carbocycles. The first kappa shape index (κ1) is 20.3. The standard InChI is InChI=1S/C19H28BrFN2O2/c1-3-15(4-2)18(23-7-9-25-10-8-23)13-22-19(24)12-14-5-6-17(21)16(20)11-14/h5-6,11,15,18H,3-4,7-10,12-13H2,1-2H3,(H,22,24). The lowest BCUT2D eigenvalue weighted by molar-refractivity contribution is -0.121. The summed E-state index contributed by atoms with van der Waals surface area (Å²) >= 11 is 3.16. The molecule has 1 aromatic rings. The highest BCUT2D eigenvalue weighted by atomic mass is 79.9. The molecule has 0 spiro atoms. The van der Waals surface area contributed by atoms with Crippen LogP contribution in [0.15, 0.2) is 22.7 Å². The van der Waals surface area contributed by atoms with E-state index in [2.05, 4.69) is 40.0 Å². The molecule has 1 N–H and O–H groups in total. The van der Waals surface area contributed by atoms with Crippen molar-refractivity contribution in [3.8, 4) is 0 Å². The fraction of sp³-hybridized carbons (Fsp3) is 0.632. The average Bonchev–Trinajstić information content (AvgIpc) is 2.62. The van der Waals surface area contributed by atoms with Gasteiger partial charge in [0.05, 0.1) is 24.1 Å². The van der Waals surface area contributed by atoms with Crippen LogP contribution in [0.2, 0.25) is 0 Å². The summed E-state index contributed by atoms with van der Waals surface area (Å²) in [7, 11) is 0. The van der Waals surface area contributed by atoms with E-state index in [1.807, 2.05) is 0 Å². The van der Waals surface area contributed by atoms with E-state index in [-0.39, 0.29) is 18.1 Å². The lowest BCUT2D eigenvalue weighted by atomic mass is 9.92. The Hall–Kier alpha value is -0.980. The molecule has 2 rings (SSSR count). The Kier molecular flexibility index (Phi) is 8.33. The lowest BCUT2D eigenvalue weighted by Gasteiger charge is -2.38. The van der Waals surface area contributed by atoms with E-state index in [9.17, 15) is 9.18 Å². The van der Waals surface area contributed by atoms with Gasteiger partial charge in [-0.25, -0.2) is 4.39 Å². The van der Waals surface area contributed by atoms with Gasteiger partial charge in [-0.15, -0.1) is 0 Å². The number of rotatable bonds is 8. The van der Waals surface area contributed by atoms with E-state index < -0.39 is 0 Å². The third kappa shape index (κ3) is 6.04. The Morgan fingerprint density at radius 3 is 2.60 bits per heavy atom. The number of ether oxygens (including phenoxy) is 1. The first-order valence-corrected chi connectivity index (χ1v) is 9.86. The van der Waals surface area contributed by atoms with E-state index in [0.29, 0.717) is 23.0 Å². The van der Waals surface area contributed by atoms with Crippen molar-refractivity contribution in [2.24, 2.45) is 5.92 Å². The minimum Gasteiger partial charge on any atom is -0.379 e. The van der Waals surface area contributed by atoms with Crippen molar-refractivity contribution >= 4 is 21.8 Å². The Morgan fingerprint density at radius 2 is 2.00 bits per heavy atom. The summed E-state index contributed by atoms with van der Waals surface area (Å²) in [5.41, 5.74) is 0.802. The molecule has 1 unspecified atom stereocenters. The maximum absolute atomic E-state index is 13.3. The van der Waals surface area contributed by atoms with E-state index in [0.717, 1.165) is 44.7 Å². The molecule has 6 heteroatoms. The van der Waals surface area contributed by atoms with Crippen molar-refractivity contribution in [2.45, 2.75) is 39.2 Å². The second kappa shape index (κ2) is 10.2. The maximum atomic E-state index is 13.3. The largest absolute Gasteiger partial charge is 0.379 e. The highest BCUT2D eigenvalue weighted by Gasteiger charge is 2.27. The van der Waals surface area contributed by atoms with Gasteiger partial charge in [0, 0.05) is 25.7 Å². The summed E-state index contributed by atoms with van der Waals surface area (Å²) in [6.07, 6.45) is 2.45. The number of carbonyl (C=O) groups is 1. The molecular formula is C19H28BrFN2O2. The van der Waals surface area contributed by atoms with Gasteiger partial charge in [-0.2, -0.15) is 0 Å². The summed E-state index contributed by atoms with van der Waals surface area (Å²) in [4.78, 5) is 14.8. The Morgan fingerprint density at radius 1 is 1.32 bits per heavy atom. The molecule has 1 aliphatic heterocycles. The molecule has 25 heavy (non-hydrogen) atoms. The van der Waals surface area contributed by atoms with Crippen LogP contribution >= 0.6 is 15.9 Å². The number of nitrogens with zero attached hydrogens (tertiary/aromatic N) is 1. The van der Waals surface area contributed by atoms with Gasteiger partial charge in [-0.3, -0.25) is 9.69 Å². The third-order valence-corrected chi connectivity index (χ3v) is 5.57. The normalized spacial score (nSPS) is 16.8. The number of nitrogens with one attached hydrogen (secondary N) is 1. The molecule has 1 saturated heterocycles. The molecule has 140 valence electrons. The van der Waals surface area contributed by atoms with Gasteiger partial charge in [0.2, 0.25) is 5.91 Å². The van der Waals surface area contributed by atoms with Gasteiger partial charge < -0.3 is 10.1 Å². The number of benzene rings is 1. The molecule has 0 bridgehead atoms. The number of hydrogen-bond donors (Lipinski definition) is 1. The van der Waals surface area contributed by atoms with Crippen LogP contribution in [0, 0.1) is 11.7 Å². The Balaban J connectivity index is 1.93. The maximum Gasteiger partial charge on any atom is 0.224 e. The number of morpholine rings is 1. The fourth-order valence-corrected chi connectivity index (χ4v) is 3.88. The molecule has 0 radical (unpaired) electrons. The second-order valence-corrected chi connectivity index (χ2v) is 7.38. The smallest absolute Gasteiger partial charge is 0.224 e. The van der Waals surface area contributed by atoms with Crippen molar-refractivity contribution in [3.05, 3.63) is 34.1 Å². The van der Waals surface area contributed by atoms with Gasteiger partial charge in [-0.1, -0.05) is 32.8 Å². The van der Waals surface area contributed by atoms with Crippen molar-refractivity contribution in [3.63, 3.8) is 0 Å². The van der Waals surface area contributed by atoms with Gasteiger partial charge >= 0.3 is 0 Å². The first-order valence-electron chi connectivity index (χ1n) is 9.07. The van der Waals surface area contributed by atoms with Crippen LogP contribution in [-0.4, -0.2) is 49.7 Å². The van der Waals surface area contributed by atoms with Crippen molar-refractivity contribution in [2.75, 3.05) is 32.8 Å². The van der Waals surface area contributed by atoms with Gasteiger partial charge in [-0.05, 0) is 39.5 Å². The van der Waals surface area contributed by atoms with E-state index in [1.165, 1.54) is 6.07 Å². The summed E-state index contributed by atoms with van der Waals surface area (Å²) in [6, 6.07) is 5.03. The first-order chi connectivity index (χ1) is 12.0. The molecule has 1 heterocycles. The predicted octanol–water partition coefficient (Wildman–Crippen LogP) is 3.38. The van der Waals surface area contributed by atoms with Crippen LogP contribution in [0.25, 0.3) is 0 Å². The zero-order valence-corrected chi connectivity index (χ0v) is 16.6. The zero-order chi connectivity index (χ0) is 18.2. The topological polar surface area (TPSA) is 41.6 Å². The molecule has 1 aromatic carbocycles. The van der Waals surface area contributed by atoms with Crippen LogP contribution in [-0.2, 0) is 16.0 Å². The summed E-state index contributed by atoms with van der Waals surface area (Å²) < 4.78 is 19.1. The third-order valence-electron chi connectivity index (χ3n) is 4.96. The van der Waals surface area contributed by atoms with Crippen LogP contribution in [0.3, 0.4) is 0 Å². The fourth-order valence-electron chi connectivity index (χ4n) is 3.45. The Bertz CT molecular complexity index is 560. The zero-order valence-electron chi connectivity index (χ0n) is 15.1. The van der Waals surface area contributed by atoms with E-state index >= 15 is 0 Å². The van der Waals surface area contributed by atoms with Crippen molar-refractivity contribution in [1.82, 2.24) is 10.2 Å². The van der Waals surface area contributed by atoms with Crippen molar-refractivity contribution < 1.29 is 13.9 Å². The number of carbonyl (C=O) groups excluding carboxylic acids is 1. The highest BCUT2D eigenvalue weighted by molar-refractivity contribution is 9.10. The van der Waals surface area contributed by atoms with Crippen molar-refractivity contribution in [1.29, 1.82) is 0 Å². The monoisotopic (exact) mass is 414 g/mol. The molecule has 1 amide bonds. The molecular weight excluding hydrogens is 387 g/mol. The summed E-state index contributed by atoms with van der Waals surface area (Å²) in [5, 5.41) is 3.08. The Labute approximate surface area is 158 Å². The summed E-state index contributed by atoms with van der Waals surface area (Å²) in [5.74, 6) is 0.214. The molecule has 0 aliphatic carbocycles. The van der Waals surface area contributed by atoms with E-state index in [1.54, 1.807) is 12.1 Å². The minimum atomic E-state index is -0.315. The molecule has 1 aliphatic rings. The van der Waals surface area contributed by atoms with E-state index in [4.69, 9.17) is 4.74 Å². The van der Waals surface area contributed by atoms with Crippen LogP contribution in [0.4, 0.5) is 4.39 Å². The predicted molar refractivity (Wildman–Crippen MR) is 101 cm³/mol. The summed E-state index contributed by atoms with van der Waals surface area (Å²) in [6.45, 7) is 8.42. The van der Waals surface area contributed by atoms with Gasteiger partial charge in [0.1, 0.15) is 5.82 Å². The van der Waals surface area contributed by atoms with Crippen LogP contribution in [0.5, 0.6) is 0 Å². The lowest BCUT2D eigenvalue weighted by Crippen LogP contribution is -2.52. The number of halogens is 2. The molecule has 4 nitrogen and oxygen atoms in total. The second-order valence-electron chi connectivity index (χ2n) is 6.52. The number of hydrogen-bond acceptors (Lipinski definition) is 3. The van der Waals surface area contributed by atoms with Crippen LogP contribution in [0.1, 0.15) is 32.3 Å². The van der Waals surface area contributed by atoms with Gasteiger partial charge in [0.15, 0.2) is 0 Å². The number of amides is 1. The average molecular weight is 415 g/mol.